The standard InChI is InChI=1S/C32H52N4O/c1-4-7-17-34-32(33)15-13-29-22-28(26-12-14-31-27(21-26)16-20-37-31)23-36(29)24-30(25-10-11-25)35(18-8-5-2)19-9-6-3/h7,12,14,17,21,25,28-30H,4-6,8-11,13,15-16,18-20,22-24H2,1-3H3,(H2,33,34)/b17-7-/t28-,29+,30?/m1/s1. The number of hydrogen-bond donors (Lipinski definition) is 1. The van der Waals surface area contributed by atoms with Gasteiger partial charge in [0.2, 0.25) is 0 Å². The van der Waals surface area contributed by atoms with Gasteiger partial charge in [-0.15, -0.1) is 0 Å². The number of nitrogens with two attached hydrogens (primary N) is 1. The molecule has 1 saturated heterocycles. The maximum Gasteiger partial charge on any atom is 0.122 e. The van der Waals surface area contributed by atoms with Crippen LogP contribution in [0.1, 0.15) is 102 Å². The minimum atomic E-state index is 0.568. The first-order valence-electron chi connectivity index (χ1n) is 15.3. The predicted octanol–water partition coefficient (Wildman–Crippen LogP) is 6.52. The second-order valence-corrected chi connectivity index (χ2v) is 11.6. The number of ether oxygens (including phenoxy) is 1. The molecule has 2 aliphatic heterocycles. The molecule has 0 aromatic heterocycles. The first-order chi connectivity index (χ1) is 18.1. The number of benzene rings is 1. The van der Waals surface area contributed by atoms with Crippen molar-refractivity contribution in [1.29, 1.82) is 0 Å². The van der Waals surface area contributed by atoms with E-state index in [1.54, 1.807) is 0 Å². The number of aliphatic imine (C=N–C) groups is 1. The number of allylic oxidation sites excluding steroid dienone is 1. The molecule has 2 fully saturated rings. The molecule has 0 bridgehead atoms. The monoisotopic (exact) mass is 508 g/mol. The van der Waals surface area contributed by atoms with E-state index in [-0.39, 0.29) is 0 Å². The molecular weight excluding hydrogens is 456 g/mol. The van der Waals surface area contributed by atoms with Gasteiger partial charge < -0.3 is 10.5 Å². The number of amidine groups is 1. The maximum atomic E-state index is 6.32. The second kappa shape index (κ2) is 14.3. The fourth-order valence-corrected chi connectivity index (χ4v) is 6.29. The Bertz CT molecular complexity index is 885. The SMILES string of the molecule is CC/C=C\N=C(N)CC[C@H]1C[C@@H](c2ccc3c(c2)CCO3)CN1CC(C1CC1)N(CCCC)CCCC. The van der Waals surface area contributed by atoms with Crippen LogP contribution in [0.15, 0.2) is 35.5 Å². The van der Waals surface area contributed by atoms with Crippen molar-refractivity contribution < 1.29 is 4.74 Å². The van der Waals surface area contributed by atoms with E-state index in [4.69, 9.17) is 10.5 Å². The first-order valence-corrected chi connectivity index (χ1v) is 15.3. The Morgan fingerprint density at radius 3 is 2.68 bits per heavy atom. The van der Waals surface area contributed by atoms with Crippen molar-refractivity contribution in [3.05, 3.63) is 41.6 Å². The van der Waals surface area contributed by atoms with Crippen LogP contribution < -0.4 is 10.5 Å². The molecular formula is C32H52N4O. The summed E-state index contributed by atoms with van der Waals surface area (Å²) >= 11 is 0. The first kappa shape index (κ1) is 28.2. The van der Waals surface area contributed by atoms with Crippen molar-refractivity contribution in [2.24, 2.45) is 16.6 Å². The predicted molar refractivity (Wildman–Crippen MR) is 157 cm³/mol. The Morgan fingerprint density at radius 2 is 1.97 bits per heavy atom. The van der Waals surface area contributed by atoms with Crippen LogP contribution in [0.5, 0.6) is 5.75 Å². The van der Waals surface area contributed by atoms with Crippen LogP contribution in [0.4, 0.5) is 0 Å². The van der Waals surface area contributed by atoms with Crippen LogP contribution in [0, 0.1) is 5.92 Å². The smallest absolute Gasteiger partial charge is 0.122 e. The third-order valence-electron chi connectivity index (χ3n) is 8.68. The molecule has 2 N–H and O–H groups in total. The van der Waals surface area contributed by atoms with Crippen LogP contribution in [0.2, 0.25) is 0 Å². The van der Waals surface area contributed by atoms with Gasteiger partial charge in [0, 0.05) is 44.2 Å². The van der Waals surface area contributed by atoms with E-state index in [2.05, 4.69) is 59.8 Å². The molecule has 1 unspecified atom stereocenters. The van der Waals surface area contributed by atoms with Gasteiger partial charge in [-0.25, -0.2) is 4.99 Å². The van der Waals surface area contributed by atoms with Gasteiger partial charge in [-0.05, 0) is 87.1 Å². The molecule has 1 aromatic carbocycles. The van der Waals surface area contributed by atoms with Crippen LogP contribution in [0.25, 0.3) is 0 Å². The average Bonchev–Trinajstić information content (AvgIpc) is 3.50. The lowest BCUT2D eigenvalue weighted by molar-refractivity contribution is 0.111. The normalized spacial score (nSPS) is 23.2. The largest absolute Gasteiger partial charge is 0.493 e. The van der Waals surface area contributed by atoms with E-state index < -0.39 is 0 Å². The van der Waals surface area contributed by atoms with Crippen LogP contribution in [0.3, 0.4) is 0 Å². The van der Waals surface area contributed by atoms with Crippen molar-refractivity contribution in [3.8, 4) is 5.75 Å². The Balaban J connectivity index is 1.49. The molecule has 5 nitrogen and oxygen atoms in total. The summed E-state index contributed by atoms with van der Waals surface area (Å²) in [5.74, 6) is 3.34. The van der Waals surface area contributed by atoms with Gasteiger partial charge >= 0.3 is 0 Å². The Kier molecular flexibility index (Phi) is 10.9. The van der Waals surface area contributed by atoms with Crippen LogP contribution in [-0.4, -0.2) is 60.5 Å². The van der Waals surface area contributed by atoms with Gasteiger partial charge in [-0.3, -0.25) is 9.80 Å². The zero-order valence-corrected chi connectivity index (χ0v) is 23.8. The molecule has 206 valence electrons. The van der Waals surface area contributed by atoms with E-state index in [0.717, 1.165) is 56.3 Å². The molecule has 3 aliphatic rings. The second-order valence-electron chi connectivity index (χ2n) is 11.6. The molecule has 0 radical (unpaired) electrons. The highest BCUT2D eigenvalue weighted by Gasteiger charge is 2.40. The molecule has 0 amide bonds. The van der Waals surface area contributed by atoms with E-state index in [1.807, 2.05) is 6.20 Å². The van der Waals surface area contributed by atoms with E-state index >= 15 is 0 Å². The molecule has 1 aromatic rings. The van der Waals surface area contributed by atoms with Crippen molar-refractivity contribution in [1.82, 2.24) is 9.80 Å². The fraction of sp³-hybridized carbons (Fsp3) is 0.719. The summed E-state index contributed by atoms with van der Waals surface area (Å²) in [7, 11) is 0. The number of fused-ring (bicyclic) bond motifs is 1. The van der Waals surface area contributed by atoms with Crippen molar-refractivity contribution in [2.75, 3.05) is 32.8 Å². The summed E-state index contributed by atoms with van der Waals surface area (Å²) in [4.78, 5) is 10.2. The van der Waals surface area contributed by atoms with E-state index in [9.17, 15) is 0 Å². The highest BCUT2D eigenvalue weighted by atomic mass is 16.5. The number of unbranched alkanes of at least 4 members (excludes halogenated alkanes) is 2. The van der Waals surface area contributed by atoms with Crippen molar-refractivity contribution >= 4 is 5.84 Å². The summed E-state index contributed by atoms with van der Waals surface area (Å²) < 4.78 is 5.79. The Morgan fingerprint density at radius 1 is 1.19 bits per heavy atom. The average molecular weight is 509 g/mol. The van der Waals surface area contributed by atoms with E-state index in [1.165, 1.54) is 75.7 Å². The van der Waals surface area contributed by atoms with Crippen molar-refractivity contribution in [3.63, 3.8) is 0 Å². The quantitative estimate of drug-likeness (QED) is 0.204. The maximum absolute atomic E-state index is 6.32. The molecule has 2 heterocycles. The van der Waals surface area contributed by atoms with Gasteiger partial charge in [-0.2, -0.15) is 0 Å². The van der Waals surface area contributed by atoms with Crippen molar-refractivity contribution in [2.45, 2.75) is 109 Å². The highest BCUT2D eigenvalue weighted by molar-refractivity contribution is 5.80. The summed E-state index contributed by atoms with van der Waals surface area (Å²) in [6.45, 7) is 12.5. The van der Waals surface area contributed by atoms with Gasteiger partial charge in [0.05, 0.1) is 12.4 Å². The molecule has 5 heteroatoms. The topological polar surface area (TPSA) is 54.1 Å². The Labute approximate surface area is 226 Å². The third kappa shape index (κ3) is 8.07. The van der Waals surface area contributed by atoms with E-state index in [0.29, 0.717) is 18.0 Å². The summed E-state index contributed by atoms with van der Waals surface area (Å²) in [5.41, 5.74) is 9.22. The summed E-state index contributed by atoms with van der Waals surface area (Å²) in [6.07, 6.45) is 17.2. The third-order valence-corrected chi connectivity index (χ3v) is 8.68. The Hall–Kier alpha value is -1.85. The van der Waals surface area contributed by atoms with Crippen LogP contribution >= 0.6 is 0 Å². The van der Waals surface area contributed by atoms with Crippen LogP contribution in [-0.2, 0) is 6.42 Å². The minimum Gasteiger partial charge on any atom is -0.493 e. The number of hydrogen-bond acceptors (Lipinski definition) is 4. The molecule has 37 heavy (non-hydrogen) atoms. The number of rotatable bonds is 16. The minimum absolute atomic E-state index is 0.568. The highest BCUT2D eigenvalue weighted by Crippen LogP contribution is 2.40. The molecule has 0 spiro atoms. The molecule has 4 rings (SSSR count). The van der Waals surface area contributed by atoms with Gasteiger partial charge in [0.25, 0.3) is 0 Å². The molecule has 1 aliphatic carbocycles. The lowest BCUT2D eigenvalue weighted by Gasteiger charge is -2.37. The zero-order chi connectivity index (χ0) is 26.0. The zero-order valence-electron chi connectivity index (χ0n) is 23.8. The number of likely N-dealkylation sites (tertiary alicyclic amines) is 1. The van der Waals surface area contributed by atoms with Gasteiger partial charge in [0.15, 0.2) is 0 Å². The molecule has 1 saturated carbocycles. The van der Waals surface area contributed by atoms with Gasteiger partial charge in [-0.1, -0.05) is 51.8 Å². The summed E-state index contributed by atoms with van der Waals surface area (Å²) in [6, 6.07) is 8.25. The molecule has 3 atom stereocenters. The fourth-order valence-electron chi connectivity index (χ4n) is 6.29. The summed E-state index contributed by atoms with van der Waals surface area (Å²) in [5, 5.41) is 0. The lowest BCUT2D eigenvalue weighted by atomic mass is 9.93. The van der Waals surface area contributed by atoms with Gasteiger partial charge in [0.1, 0.15) is 5.75 Å². The number of nitrogens with zero attached hydrogens (tertiary/aromatic N) is 3. The lowest BCUT2D eigenvalue weighted by Crippen LogP contribution is -2.47.